The van der Waals surface area contributed by atoms with Crippen molar-refractivity contribution < 1.29 is 28.0 Å². The summed E-state index contributed by atoms with van der Waals surface area (Å²) in [6.07, 6.45) is 0. The second-order valence-electron chi connectivity index (χ2n) is 6.36. The molecule has 0 spiro atoms. The van der Waals surface area contributed by atoms with Crippen LogP contribution in [0, 0.1) is 10.1 Å². The fourth-order valence-electron chi connectivity index (χ4n) is 2.73. The predicted octanol–water partition coefficient (Wildman–Crippen LogP) is 4.04. The number of nitro benzene ring substituents is 1. The lowest BCUT2D eigenvalue weighted by Gasteiger charge is -2.21. The number of fused-ring (bicyclic) bond motifs is 1. The molecule has 0 bridgehead atoms. The summed E-state index contributed by atoms with van der Waals surface area (Å²) in [6, 6.07) is 12.5. The third-order valence-electron chi connectivity index (χ3n) is 4.11. The highest BCUT2D eigenvalue weighted by molar-refractivity contribution is 8.07. The van der Waals surface area contributed by atoms with Crippen LogP contribution in [0.2, 0.25) is 0 Å². The molecule has 0 saturated carbocycles. The molecule has 0 radical (unpaired) electrons. The van der Waals surface area contributed by atoms with Crippen LogP contribution in [0.4, 0.5) is 11.4 Å². The van der Waals surface area contributed by atoms with Crippen LogP contribution >= 0.6 is 6.72 Å². The molecule has 0 aliphatic carbocycles. The maximum absolute atomic E-state index is 12.3. The minimum absolute atomic E-state index is 0.0759. The zero-order valence-electron chi connectivity index (χ0n) is 17.8. The summed E-state index contributed by atoms with van der Waals surface area (Å²) in [4.78, 5) is 22.6. The van der Waals surface area contributed by atoms with Gasteiger partial charge in [0.25, 0.3) is 17.5 Å². The Bertz CT molecular complexity index is 1130. The highest BCUT2D eigenvalue weighted by Gasteiger charge is 2.27. The van der Waals surface area contributed by atoms with Gasteiger partial charge >= 0.3 is 6.72 Å². The number of hydrogen-bond donors (Lipinski definition) is 1. The average molecular weight is 492 g/mol. The van der Waals surface area contributed by atoms with Crippen molar-refractivity contribution in [2.45, 2.75) is 13.8 Å². The number of carbonyl (C=O) groups is 1. The number of nitrogens with one attached hydrogen (secondary N) is 1. The Morgan fingerprint density at radius 3 is 2.42 bits per heavy atom. The molecule has 13 heteroatoms. The van der Waals surface area contributed by atoms with E-state index in [0.29, 0.717) is 17.0 Å². The van der Waals surface area contributed by atoms with E-state index < -0.39 is 17.5 Å². The maximum atomic E-state index is 12.3. The van der Waals surface area contributed by atoms with Crippen LogP contribution in [0.5, 0.6) is 5.75 Å². The van der Waals surface area contributed by atoms with E-state index in [1.807, 2.05) is 0 Å². The monoisotopic (exact) mass is 492 g/mol. The van der Waals surface area contributed by atoms with Crippen molar-refractivity contribution in [1.29, 1.82) is 0 Å². The van der Waals surface area contributed by atoms with E-state index >= 15 is 0 Å². The zero-order valence-corrected chi connectivity index (χ0v) is 19.5. The third kappa shape index (κ3) is 6.42. The second kappa shape index (κ2) is 11.1. The number of hydrogen-bond acceptors (Lipinski definition) is 10. The number of ether oxygens (including phenoxy) is 1. The molecule has 174 valence electrons. The number of carbonyl (C=O) groups excluding carboxylic acids is 1. The molecule has 33 heavy (non-hydrogen) atoms. The lowest BCUT2D eigenvalue weighted by molar-refractivity contribution is -0.384. The van der Waals surface area contributed by atoms with Crippen molar-refractivity contribution >= 4 is 47.4 Å². The van der Waals surface area contributed by atoms with E-state index in [4.69, 9.17) is 30.1 Å². The number of rotatable bonds is 10. The molecule has 1 aliphatic heterocycles. The number of para-hydroxylation sites is 1. The van der Waals surface area contributed by atoms with Crippen molar-refractivity contribution in [1.82, 2.24) is 0 Å². The third-order valence-corrected chi connectivity index (χ3v) is 6.55. The van der Waals surface area contributed by atoms with Crippen molar-refractivity contribution in [3.63, 3.8) is 0 Å². The maximum Gasteiger partial charge on any atom is 0.381 e. The lowest BCUT2D eigenvalue weighted by atomic mass is 10.1. The Morgan fingerprint density at radius 2 is 1.79 bits per heavy atom. The molecule has 0 fully saturated rings. The number of nitro groups is 1. The van der Waals surface area contributed by atoms with Gasteiger partial charge in [-0.05, 0) is 32.0 Å². The summed E-state index contributed by atoms with van der Waals surface area (Å²) < 4.78 is 22.3. The highest BCUT2D eigenvalue weighted by Crippen LogP contribution is 2.50. The number of amides is 1. The van der Waals surface area contributed by atoms with Gasteiger partial charge in [0.15, 0.2) is 12.3 Å². The highest BCUT2D eigenvalue weighted by atomic mass is 32.5. The fourth-order valence-corrected chi connectivity index (χ4v) is 4.78. The quantitative estimate of drug-likeness (QED) is 0.173. The van der Waals surface area contributed by atoms with Crippen LogP contribution in [0.3, 0.4) is 0 Å². The number of nitrogens with zero attached hydrogens (tertiary/aromatic N) is 3. The van der Waals surface area contributed by atoms with E-state index in [2.05, 4.69) is 15.5 Å². The van der Waals surface area contributed by atoms with Crippen molar-refractivity contribution in [2.75, 3.05) is 25.1 Å². The van der Waals surface area contributed by atoms with Crippen LogP contribution in [-0.2, 0) is 30.2 Å². The Labute approximate surface area is 194 Å². The first kappa shape index (κ1) is 24.5. The molecular weight excluding hydrogens is 471 g/mol. The van der Waals surface area contributed by atoms with Crippen LogP contribution < -0.4 is 10.1 Å². The van der Waals surface area contributed by atoms with Gasteiger partial charge in [-0.25, -0.2) is 0 Å². The average Bonchev–Trinajstić information content (AvgIpc) is 3.11. The smallest absolute Gasteiger partial charge is 0.381 e. The second-order valence-corrected chi connectivity index (χ2v) is 9.29. The molecule has 1 amide bonds. The summed E-state index contributed by atoms with van der Waals surface area (Å²) >= 11 is 5.39. The molecule has 1 N–H and O–H groups in total. The van der Waals surface area contributed by atoms with Gasteiger partial charge in [0.05, 0.1) is 23.8 Å². The van der Waals surface area contributed by atoms with Gasteiger partial charge in [0.1, 0.15) is 5.75 Å². The number of benzene rings is 2. The summed E-state index contributed by atoms with van der Waals surface area (Å²) in [5.41, 5.74) is 1.24. The van der Waals surface area contributed by atoms with E-state index in [0.717, 1.165) is 0 Å². The predicted molar refractivity (Wildman–Crippen MR) is 126 cm³/mol. The van der Waals surface area contributed by atoms with Crippen LogP contribution in [0.25, 0.3) is 0 Å². The van der Waals surface area contributed by atoms with Gasteiger partial charge in [-0.3, -0.25) is 24.0 Å². The molecule has 1 aliphatic rings. The zero-order chi connectivity index (χ0) is 23.8. The van der Waals surface area contributed by atoms with E-state index in [9.17, 15) is 14.9 Å². The van der Waals surface area contributed by atoms with Crippen molar-refractivity contribution in [3.8, 4) is 5.75 Å². The Hall–Kier alpha value is -3.18. The molecule has 0 aromatic heterocycles. The van der Waals surface area contributed by atoms with Gasteiger partial charge in [0.2, 0.25) is 0 Å². The molecule has 0 unspecified atom stereocenters. The SMILES string of the molecule is CCOP(=S)(OCC)O/C(COc1ccc([N+](=O)[O-])cc1)=N/N=C1\C(=O)Nc2ccccc21. The summed E-state index contributed by atoms with van der Waals surface area (Å²) in [5, 5.41) is 21.6. The van der Waals surface area contributed by atoms with Crippen LogP contribution in [0.1, 0.15) is 19.4 Å². The lowest BCUT2D eigenvalue weighted by Crippen LogP contribution is -2.17. The van der Waals surface area contributed by atoms with E-state index in [1.54, 1.807) is 38.1 Å². The minimum Gasteiger partial charge on any atom is -0.484 e. The minimum atomic E-state index is -3.20. The molecule has 0 saturated heterocycles. The number of anilines is 1. The van der Waals surface area contributed by atoms with Gasteiger partial charge in [-0.1, -0.05) is 18.2 Å². The first-order valence-corrected chi connectivity index (χ1v) is 12.4. The Balaban J connectivity index is 1.87. The molecule has 11 nitrogen and oxygen atoms in total. The number of non-ortho nitro benzene ring substituents is 1. The molecule has 3 rings (SSSR count). The van der Waals surface area contributed by atoms with E-state index in [-0.39, 0.29) is 37.1 Å². The normalized spacial score (nSPS) is 14.7. The van der Waals surface area contributed by atoms with Gasteiger partial charge < -0.3 is 14.6 Å². The van der Waals surface area contributed by atoms with Crippen LogP contribution in [-0.4, -0.2) is 42.3 Å². The summed E-state index contributed by atoms with van der Waals surface area (Å²) in [5.74, 6) is -0.164. The molecule has 2 aromatic carbocycles. The molecule has 1 heterocycles. The molecule has 2 aromatic rings. The standard InChI is InChI=1S/C20H21N4O7PS/c1-3-29-32(33,30-4-2)31-18(13-28-15-11-9-14(10-12-15)24(26)27)22-23-19-16-7-5-6-8-17(16)21-20(19)25/h5-12H,3-4,13H2,1-2H3,(H,21,23,25)/b22-18+. The molecular formula is C20H21N4O7PS. The van der Waals surface area contributed by atoms with Gasteiger partial charge in [-0.2, -0.15) is 0 Å². The Kier molecular flexibility index (Phi) is 8.23. The summed E-state index contributed by atoms with van der Waals surface area (Å²) in [7, 11) is 0. The summed E-state index contributed by atoms with van der Waals surface area (Å²) in [6.45, 7) is 0.547. The largest absolute Gasteiger partial charge is 0.484 e. The van der Waals surface area contributed by atoms with E-state index in [1.165, 1.54) is 24.3 Å². The van der Waals surface area contributed by atoms with Crippen LogP contribution in [0.15, 0.2) is 58.7 Å². The van der Waals surface area contributed by atoms with Crippen molar-refractivity contribution in [3.05, 3.63) is 64.2 Å². The topological polar surface area (TPSA) is 134 Å². The van der Waals surface area contributed by atoms with Gasteiger partial charge in [-0.15, -0.1) is 10.2 Å². The van der Waals surface area contributed by atoms with Gasteiger partial charge in [0, 0.05) is 29.5 Å². The fraction of sp³-hybridized carbons (Fsp3) is 0.250. The first-order chi connectivity index (χ1) is 15.8. The Morgan fingerprint density at radius 1 is 1.12 bits per heavy atom. The van der Waals surface area contributed by atoms with Crippen molar-refractivity contribution in [2.24, 2.45) is 10.2 Å². The first-order valence-electron chi connectivity index (χ1n) is 9.86. The molecule has 0 atom stereocenters.